The van der Waals surface area contributed by atoms with Crippen LogP contribution in [0, 0.1) is 18.7 Å². The van der Waals surface area contributed by atoms with Gasteiger partial charge in [-0.2, -0.15) is 4.31 Å². The lowest BCUT2D eigenvalue weighted by molar-refractivity contribution is -0.117. The predicted molar refractivity (Wildman–Crippen MR) is 144 cm³/mol. The normalized spacial score (nSPS) is 16.8. The van der Waals surface area contributed by atoms with Crippen molar-refractivity contribution in [2.75, 3.05) is 5.32 Å². The molecule has 0 spiro atoms. The lowest BCUT2D eigenvalue weighted by atomic mass is 10.1. The van der Waals surface area contributed by atoms with E-state index in [0.717, 1.165) is 23.1 Å². The molecule has 0 aliphatic heterocycles. The van der Waals surface area contributed by atoms with Crippen LogP contribution in [0.25, 0.3) is 0 Å². The van der Waals surface area contributed by atoms with Gasteiger partial charge in [0, 0.05) is 37.1 Å². The van der Waals surface area contributed by atoms with Crippen molar-refractivity contribution < 1.29 is 17.6 Å². The van der Waals surface area contributed by atoms with Crippen molar-refractivity contribution in [1.82, 2.24) is 9.29 Å². The molecule has 5 rings (SSSR count). The monoisotopic (exact) mass is 529 g/mol. The fourth-order valence-electron chi connectivity index (χ4n) is 4.55. The highest BCUT2D eigenvalue weighted by Crippen LogP contribution is 2.47. The number of rotatable bonds is 9. The summed E-state index contributed by atoms with van der Waals surface area (Å²) in [5, 5.41) is 2.91. The molecule has 4 aromatic rings. The summed E-state index contributed by atoms with van der Waals surface area (Å²) in [5.74, 6) is -0.391. The maximum Gasteiger partial charge on any atom is 0.243 e. The van der Waals surface area contributed by atoms with Crippen LogP contribution in [0.3, 0.4) is 0 Å². The number of carbonyl (C=O) groups excluding carboxylic acids is 1. The maximum absolute atomic E-state index is 13.7. The third kappa shape index (κ3) is 5.82. The summed E-state index contributed by atoms with van der Waals surface area (Å²) in [7, 11) is -3.90. The zero-order valence-corrected chi connectivity index (χ0v) is 21.7. The molecule has 2 atom stereocenters. The molecule has 2 unspecified atom stereocenters. The van der Waals surface area contributed by atoms with Crippen LogP contribution in [0.2, 0.25) is 0 Å². The second-order valence-electron chi connectivity index (χ2n) is 9.57. The van der Waals surface area contributed by atoms with Crippen LogP contribution in [-0.2, 0) is 27.9 Å². The first-order valence-corrected chi connectivity index (χ1v) is 13.9. The second-order valence-corrected chi connectivity index (χ2v) is 11.5. The van der Waals surface area contributed by atoms with Crippen molar-refractivity contribution in [3.8, 4) is 0 Å². The van der Waals surface area contributed by atoms with Crippen molar-refractivity contribution in [1.29, 1.82) is 0 Å². The smallest absolute Gasteiger partial charge is 0.243 e. The number of nitrogens with one attached hydrogen (secondary N) is 1. The molecule has 194 valence electrons. The van der Waals surface area contributed by atoms with Crippen molar-refractivity contribution >= 4 is 21.6 Å². The van der Waals surface area contributed by atoms with Gasteiger partial charge in [0.15, 0.2) is 0 Å². The molecule has 0 radical (unpaired) electrons. The first kappa shape index (κ1) is 25.8. The van der Waals surface area contributed by atoms with E-state index in [2.05, 4.69) is 10.3 Å². The van der Waals surface area contributed by atoms with Gasteiger partial charge in [-0.05, 0) is 90.0 Å². The lowest BCUT2D eigenvalue weighted by Gasteiger charge is -2.23. The lowest BCUT2D eigenvalue weighted by Crippen LogP contribution is -2.30. The quantitative estimate of drug-likeness (QED) is 0.303. The van der Waals surface area contributed by atoms with Gasteiger partial charge in [0.2, 0.25) is 15.9 Å². The minimum Gasteiger partial charge on any atom is -0.326 e. The van der Waals surface area contributed by atoms with Gasteiger partial charge in [-0.1, -0.05) is 36.4 Å². The average Bonchev–Trinajstić information content (AvgIpc) is 3.73. The highest BCUT2D eigenvalue weighted by Gasteiger charge is 2.43. The molecule has 1 fully saturated rings. The van der Waals surface area contributed by atoms with E-state index in [1.807, 2.05) is 43.3 Å². The van der Waals surface area contributed by atoms with Crippen molar-refractivity contribution in [2.24, 2.45) is 5.92 Å². The molecular formula is C30H28FN3O3S. The van der Waals surface area contributed by atoms with Crippen LogP contribution in [0.15, 0.2) is 102 Å². The Kier molecular flexibility index (Phi) is 7.35. The molecule has 1 N–H and O–H groups in total. The van der Waals surface area contributed by atoms with E-state index in [1.165, 1.54) is 28.6 Å². The summed E-state index contributed by atoms with van der Waals surface area (Å²) >= 11 is 0. The zero-order chi connectivity index (χ0) is 26.7. The summed E-state index contributed by atoms with van der Waals surface area (Å²) in [6.07, 6.45) is 4.22. The fourth-order valence-corrected chi connectivity index (χ4v) is 5.96. The Labute approximate surface area is 222 Å². The van der Waals surface area contributed by atoms with Gasteiger partial charge in [0.1, 0.15) is 5.82 Å². The highest BCUT2D eigenvalue weighted by atomic mass is 32.2. The van der Waals surface area contributed by atoms with E-state index in [-0.39, 0.29) is 41.5 Å². The second kappa shape index (κ2) is 10.8. The largest absolute Gasteiger partial charge is 0.326 e. The zero-order valence-electron chi connectivity index (χ0n) is 20.9. The number of sulfonamides is 1. The fraction of sp³-hybridized carbons (Fsp3) is 0.200. The standard InChI is InChI=1S/C30H28FN3O3S/c1-21-4-2-3-5-24(21)20-34(19-22-6-8-25(31)9-7-22)38(36,37)27-12-10-26(11-13-27)33-30(35)29-18-28(29)23-14-16-32-17-15-23/h2-17,28-29H,18-20H2,1H3,(H,33,35). The van der Waals surface area contributed by atoms with Crippen LogP contribution in [-0.4, -0.2) is 23.6 Å². The number of anilines is 1. The third-order valence-corrected chi connectivity index (χ3v) is 8.71. The summed E-state index contributed by atoms with van der Waals surface area (Å²) in [4.78, 5) is 16.9. The highest BCUT2D eigenvalue weighted by molar-refractivity contribution is 7.89. The Morgan fingerprint density at radius 2 is 1.63 bits per heavy atom. The van der Waals surface area contributed by atoms with Gasteiger partial charge in [-0.3, -0.25) is 9.78 Å². The topological polar surface area (TPSA) is 79.4 Å². The number of halogens is 1. The first-order chi connectivity index (χ1) is 18.3. The van der Waals surface area contributed by atoms with Gasteiger partial charge in [-0.25, -0.2) is 12.8 Å². The van der Waals surface area contributed by atoms with Gasteiger partial charge in [0.05, 0.1) is 4.90 Å². The Morgan fingerprint density at radius 3 is 2.32 bits per heavy atom. The number of aryl methyl sites for hydroxylation is 1. The average molecular weight is 530 g/mol. The summed E-state index contributed by atoms with van der Waals surface area (Å²) in [5.41, 5.74) is 4.18. The van der Waals surface area contributed by atoms with E-state index < -0.39 is 10.0 Å². The number of aromatic nitrogens is 1. The number of nitrogens with zero attached hydrogens (tertiary/aromatic N) is 2. The minimum absolute atomic E-state index is 0.0834. The van der Waals surface area contributed by atoms with E-state index >= 15 is 0 Å². The Hall–Kier alpha value is -3.88. The maximum atomic E-state index is 13.7. The number of carbonyl (C=O) groups is 1. The Balaban J connectivity index is 1.32. The number of benzene rings is 3. The van der Waals surface area contributed by atoms with Crippen LogP contribution >= 0.6 is 0 Å². The van der Waals surface area contributed by atoms with Gasteiger partial charge >= 0.3 is 0 Å². The van der Waals surface area contributed by atoms with Gasteiger partial charge in [-0.15, -0.1) is 0 Å². The molecular weight excluding hydrogens is 501 g/mol. The van der Waals surface area contributed by atoms with Crippen molar-refractivity contribution in [2.45, 2.75) is 37.2 Å². The van der Waals surface area contributed by atoms with Crippen LogP contribution in [0.5, 0.6) is 0 Å². The Morgan fingerprint density at radius 1 is 0.947 bits per heavy atom. The molecule has 0 bridgehead atoms. The van der Waals surface area contributed by atoms with Crippen molar-refractivity contribution in [3.05, 3.63) is 125 Å². The van der Waals surface area contributed by atoms with E-state index in [9.17, 15) is 17.6 Å². The van der Waals surface area contributed by atoms with Crippen LogP contribution in [0.4, 0.5) is 10.1 Å². The van der Waals surface area contributed by atoms with Gasteiger partial charge < -0.3 is 5.32 Å². The summed E-state index contributed by atoms with van der Waals surface area (Å²) < 4.78 is 42.3. The number of amides is 1. The molecule has 8 heteroatoms. The third-order valence-electron chi connectivity index (χ3n) is 6.90. The Bertz CT molecular complexity index is 1530. The number of pyridine rings is 1. The number of hydrogen-bond donors (Lipinski definition) is 1. The SMILES string of the molecule is Cc1ccccc1CN(Cc1ccc(F)cc1)S(=O)(=O)c1ccc(NC(=O)C2CC2c2ccncc2)cc1. The van der Waals surface area contributed by atoms with Crippen molar-refractivity contribution in [3.63, 3.8) is 0 Å². The van der Waals surface area contributed by atoms with E-state index in [4.69, 9.17) is 0 Å². The molecule has 0 saturated heterocycles. The molecule has 1 amide bonds. The molecule has 1 saturated carbocycles. The molecule has 38 heavy (non-hydrogen) atoms. The number of hydrogen-bond acceptors (Lipinski definition) is 4. The van der Waals surface area contributed by atoms with Crippen LogP contribution in [0.1, 0.15) is 34.6 Å². The molecule has 6 nitrogen and oxygen atoms in total. The molecule has 1 aliphatic carbocycles. The summed E-state index contributed by atoms with van der Waals surface area (Å²) in [6.45, 7) is 2.20. The molecule has 1 aromatic heterocycles. The predicted octanol–water partition coefficient (Wildman–Crippen LogP) is 5.66. The summed E-state index contributed by atoms with van der Waals surface area (Å²) in [6, 6.07) is 23.5. The van der Waals surface area contributed by atoms with Gasteiger partial charge in [0.25, 0.3) is 0 Å². The molecule has 1 aliphatic rings. The first-order valence-electron chi connectivity index (χ1n) is 12.4. The molecule has 3 aromatic carbocycles. The van der Waals surface area contributed by atoms with E-state index in [0.29, 0.717) is 11.3 Å². The molecule has 1 heterocycles. The van der Waals surface area contributed by atoms with E-state index in [1.54, 1.807) is 36.7 Å². The van der Waals surface area contributed by atoms with Crippen LogP contribution < -0.4 is 5.32 Å². The minimum atomic E-state index is -3.90.